The Morgan fingerprint density at radius 1 is 1.32 bits per heavy atom. The first kappa shape index (κ1) is 12.0. The molecule has 2 aromatic heterocycles. The summed E-state index contributed by atoms with van der Waals surface area (Å²) in [6.45, 7) is 1.91. The highest BCUT2D eigenvalue weighted by Gasteiger charge is 2.07. The molecule has 3 aromatic rings. The minimum atomic E-state index is 0.679. The van der Waals surface area contributed by atoms with Crippen LogP contribution in [0.4, 0.5) is 5.69 Å². The Hall–Kier alpha value is -2.01. The molecule has 4 nitrogen and oxygen atoms in total. The number of fused-ring (bicyclic) bond motifs is 1. The molecule has 19 heavy (non-hydrogen) atoms. The number of thioether (sulfide) groups is 1. The van der Waals surface area contributed by atoms with E-state index in [9.17, 15) is 0 Å². The smallest absolute Gasteiger partial charge is 0.256 e. The van der Waals surface area contributed by atoms with E-state index >= 15 is 0 Å². The zero-order chi connectivity index (χ0) is 13.2. The van der Waals surface area contributed by atoms with Crippen LogP contribution >= 0.6 is 11.8 Å². The van der Waals surface area contributed by atoms with E-state index in [2.05, 4.69) is 9.97 Å². The predicted molar refractivity (Wildman–Crippen MR) is 77.0 cm³/mol. The van der Waals surface area contributed by atoms with Gasteiger partial charge < -0.3 is 10.2 Å². The molecule has 0 aliphatic heterocycles. The second kappa shape index (κ2) is 4.93. The Bertz CT molecular complexity index is 724. The highest BCUT2D eigenvalue weighted by molar-refractivity contribution is 7.98. The zero-order valence-corrected chi connectivity index (χ0v) is 11.3. The number of rotatable bonds is 3. The lowest BCUT2D eigenvalue weighted by Gasteiger charge is -2.06. The predicted octanol–water partition coefficient (Wildman–Crippen LogP) is 3.41. The van der Waals surface area contributed by atoms with Crippen molar-refractivity contribution in [2.75, 3.05) is 5.73 Å². The van der Waals surface area contributed by atoms with Crippen molar-refractivity contribution in [1.82, 2.24) is 9.97 Å². The number of nitrogens with zero attached hydrogens (tertiary/aromatic N) is 2. The van der Waals surface area contributed by atoms with Gasteiger partial charge in [-0.1, -0.05) is 17.8 Å². The van der Waals surface area contributed by atoms with Gasteiger partial charge in [-0.25, -0.2) is 4.98 Å². The molecule has 0 unspecified atom stereocenters. The van der Waals surface area contributed by atoms with Gasteiger partial charge in [-0.05, 0) is 30.7 Å². The molecule has 1 aromatic carbocycles. The lowest BCUT2D eigenvalue weighted by molar-refractivity contribution is 0.454. The molecule has 3 rings (SSSR count). The van der Waals surface area contributed by atoms with Crippen molar-refractivity contribution >= 4 is 28.4 Å². The minimum absolute atomic E-state index is 0.679. The Labute approximate surface area is 115 Å². The maximum absolute atomic E-state index is 5.96. The average Bonchev–Trinajstić information content (AvgIpc) is 2.84. The van der Waals surface area contributed by atoms with Crippen LogP contribution in [0, 0.1) is 6.92 Å². The molecule has 0 radical (unpaired) electrons. The van der Waals surface area contributed by atoms with Gasteiger partial charge in [0.15, 0.2) is 0 Å². The van der Waals surface area contributed by atoms with Gasteiger partial charge in [0.25, 0.3) is 5.22 Å². The van der Waals surface area contributed by atoms with E-state index in [0.717, 1.165) is 33.6 Å². The SMILES string of the molecule is Cc1coc(SCc2ccc(N)c3cccnc23)n1. The first-order valence-electron chi connectivity index (χ1n) is 5.91. The first-order valence-corrected chi connectivity index (χ1v) is 6.89. The lowest BCUT2D eigenvalue weighted by Crippen LogP contribution is -1.92. The molecule has 0 fully saturated rings. The lowest BCUT2D eigenvalue weighted by atomic mass is 10.1. The molecule has 0 bridgehead atoms. The van der Waals surface area contributed by atoms with Crippen LogP contribution in [0.5, 0.6) is 0 Å². The average molecular weight is 271 g/mol. The van der Waals surface area contributed by atoms with Gasteiger partial charge >= 0.3 is 0 Å². The van der Waals surface area contributed by atoms with Gasteiger partial charge in [0, 0.05) is 23.0 Å². The number of oxazole rings is 1. The van der Waals surface area contributed by atoms with Gasteiger partial charge in [-0.2, -0.15) is 0 Å². The largest absolute Gasteiger partial charge is 0.440 e. The number of hydrogen-bond acceptors (Lipinski definition) is 5. The van der Waals surface area contributed by atoms with Crippen molar-refractivity contribution in [3.8, 4) is 0 Å². The van der Waals surface area contributed by atoms with E-state index in [1.807, 2.05) is 31.2 Å². The summed E-state index contributed by atoms with van der Waals surface area (Å²) in [6.07, 6.45) is 3.44. The van der Waals surface area contributed by atoms with E-state index in [1.165, 1.54) is 0 Å². The summed E-state index contributed by atoms with van der Waals surface area (Å²) < 4.78 is 5.33. The molecule has 0 atom stereocenters. The quantitative estimate of drug-likeness (QED) is 0.584. The molecule has 0 spiro atoms. The molecule has 2 N–H and O–H groups in total. The van der Waals surface area contributed by atoms with Crippen molar-refractivity contribution in [1.29, 1.82) is 0 Å². The third kappa shape index (κ3) is 2.42. The third-order valence-corrected chi connectivity index (χ3v) is 3.73. The summed E-state index contributed by atoms with van der Waals surface area (Å²) in [5.41, 5.74) is 9.68. The Morgan fingerprint density at radius 3 is 3.00 bits per heavy atom. The molecule has 0 aliphatic rings. The van der Waals surface area contributed by atoms with Crippen LogP contribution < -0.4 is 5.73 Å². The molecule has 0 amide bonds. The fraction of sp³-hybridized carbons (Fsp3) is 0.143. The third-order valence-electron chi connectivity index (χ3n) is 2.84. The minimum Gasteiger partial charge on any atom is -0.440 e. The van der Waals surface area contributed by atoms with Crippen LogP contribution in [0.2, 0.25) is 0 Å². The maximum atomic E-state index is 5.96. The van der Waals surface area contributed by atoms with Crippen molar-refractivity contribution in [3.63, 3.8) is 0 Å². The summed E-state index contributed by atoms with van der Waals surface area (Å²) in [5, 5.41) is 1.67. The van der Waals surface area contributed by atoms with Crippen LogP contribution in [-0.2, 0) is 5.75 Å². The Kier molecular flexibility index (Phi) is 3.13. The summed E-state index contributed by atoms with van der Waals surface area (Å²) in [6, 6.07) is 7.81. The number of nitrogens with two attached hydrogens (primary N) is 1. The van der Waals surface area contributed by atoms with Crippen LogP contribution in [0.3, 0.4) is 0 Å². The molecular formula is C14H13N3OS. The molecule has 0 saturated carbocycles. The maximum Gasteiger partial charge on any atom is 0.256 e. The fourth-order valence-corrected chi connectivity index (χ4v) is 2.74. The summed E-state index contributed by atoms with van der Waals surface area (Å²) in [7, 11) is 0. The number of aryl methyl sites for hydroxylation is 1. The Morgan fingerprint density at radius 2 is 2.21 bits per heavy atom. The zero-order valence-electron chi connectivity index (χ0n) is 10.5. The van der Waals surface area contributed by atoms with E-state index in [0.29, 0.717) is 5.22 Å². The number of benzene rings is 1. The normalized spacial score (nSPS) is 11.0. The molecule has 0 saturated heterocycles. The van der Waals surface area contributed by atoms with Gasteiger partial charge in [0.05, 0.1) is 11.2 Å². The summed E-state index contributed by atoms with van der Waals surface area (Å²) in [4.78, 5) is 8.69. The number of hydrogen-bond donors (Lipinski definition) is 1. The van der Waals surface area contributed by atoms with Crippen molar-refractivity contribution in [2.24, 2.45) is 0 Å². The van der Waals surface area contributed by atoms with Crippen molar-refractivity contribution in [2.45, 2.75) is 17.9 Å². The van der Waals surface area contributed by atoms with E-state index in [4.69, 9.17) is 10.2 Å². The fourth-order valence-electron chi connectivity index (χ4n) is 1.91. The van der Waals surface area contributed by atoms with Crippen LogP contribution in [0.15, 0.2) is 46.4 Å². The highest BCUT2D eigenvalue weighted by Crippen LogP contribution is 2.28. The molecular weight excluding hydrogens is 258 g/mol. The molecule has 0 aliphatic carbocycles. The number of aromatic nitrogens is 2. The first-order chi connectivity index (χ1) is 9.24. The van der Waals surface area contributed by atoms with E-state index < -0.39 is 0 Å². The van der Waals surface area contributed by atoms with Gasteiger partial charge in [-0.3, -0.25) is 4.98 Å². The monoisotopic (exact) mass is 271 g/mol. The topological polar surface area (TPSA) is 64.9 Å². The number of nitrogen functional groups attached to an aromatic ring is 1. The Balaban J connectivity index is 1.91. The summed E-state index contributed by atoms with van der Waals surface area (Å²) in [5.74, 6) is 0.758. The van der Waals surface area contributed by atoms with E-state index in [-0.39, 0.29) is 0 Å². The van der Waals surface area contributed by atoms with Gasteiger partial charge in [0.1, 0.15) is 6.26 Å². The van der Waals surface area contributed by atoms with Crippen molar-refractivity contribution in [3.05, 3.63) is 48.0 Å². The highest BCUT2D eigenvalue weighted by atomic mass is 32.2. The molecule has 96 valence electrons. The van der Waals surface area contributed by atoms with Crippen LogP contribution in [-0.4, -0.2) is 9.97 Å². The second-order valence-electron chi connectivity index (χ2n) is 4.26. The van der Waals surface area contributed by atoms with Crippen molar-refractivity contribution < 1.29 is 4.42 Å². The standard InChI is InChI=1S/C14H13N3OS/c1-9-7-18-14(17-9)19-8-10-4-5-12(15)11-3-2-6-16-13(10)11/h2-7H,8,15H2,1H3. The second-order valence-corrected chi connectivity index (χ2v) is 5.18. The summed E-state index contributed by atoms with van der Waals surface area (Å²) >= 11 is 1.56. The van der Waals surface area contributed by atoms with Gasteiger partial charge in [0.2, 0.25) is 0 Å². The van der Waals surface area contributed by atoms with E-state index in [1.54, 1.807) is 24.2 Å². The molecule has 5 heteroatoms. The number of pyridine rings is 1. The molecule has 2 heterocycles. The van der Waals surface area contributed by atoms with Crippen LogP contribution in [0.1, 0.15) is 11.3 Å². The van der Waals surface area contributed by atoms with Gasteiger partial charge in [-0.15, -0.1) is 0 Å². The van der Waals surface area contributed by atoms with Crippen LogP contribution in [0.25, 0.3) is 10.9 Å². The number of anilines is 1.